The number of aromatic amines is 1. The number of rotatable bonds is 7. The predicted octanol–water partition coefficient (Wildman–Crippen LogP) is 1.54. The number of ether oxygens (including phenoxy) is 1. The zero-order valence-corrected chi connectivity index (χ0v) is 16.2. The number of methoxy groups -OCH3 is 1. The Morgan fingerprint density at radius 2 is 2.15 bits per heavy atom. The molecule has 0 amide bonds. The Labute approximate surface area is 161 Å². The molecule has 0 aliphatic carbocycles. The molecule has 0 saturated heterocycles. The first-order valence-corrected chi connectivity index (χ1v) is 9.87. The fourth-order valence-electron chi connectivity index (χ4n) is 3.25. The zero-order valence-electron chi connectivity index (χ0n) is 15.4. The van der Waals surface area contributed by atoms with Gasteiger partial charge in [-0.1, -0.05) is 17.8 Å². The topological polar surface area (TPSA) is 97.6 Å². The average Bonchev–Trinajstić information content (AvgIpc) is 3.34. The van der Waals surface area contributed by atoms with Crippen LogP contribution in [0.1, 0.15) is 17.5 Å². The van der Waals surface area contributed by atoms with E-state index in [0.717, 1.165) is 49.1 Å². The van der Waals surface area contributed by atoms with Crippen LogP contribution in [0.5, 0.6) is 5.75 Å². The largest absolute Gasteiger partial charge is 0.497 e. The highest BCUT2D eigenvalue weighted by atomic mass is 32.2. The molecule has 0 bridgehead atoms. The monoisotopic (exact) mass is 386 g/mol. The molecule has 0 atom stereocenters. The molecule has 0 saturated carbocycles. The maximum atomic E-state index is 5.35. The third-order valence-corrected chi connectivity index (χ3v) is 5.84. The van der Waals surface area contributed by atoms with Crippen LogP contribution in [0, 0.1) is 0 Å². The third-order valence-electron chi connectivity index (χ3n) is 4.73. The normalized spacial score (nSPS) is 14.3. The summed E-state index contributed by atoms with van der Waals surface area (Å²) >= 11 is 1.70. The van der Waals surface area contributed by atoms with E-state index >= 15 is 0 Å². The predicted molar refractivity (Wildman–Crippen MR) is 101 cm³/mol. The van der Waals surface area contributed by atoms with E-state index in [9.17, 15) is 0 Å². The highest BCUT2D eigenvalue weighted by Crippen LogP contribution is 2.25. The second-order valence-corrected chi connectivity index (χ2v) is 7.53. The van der Waals surface area contributed by atoms with Crippen molar-refractivity contribution in [1.29, 1.82) is 0 Å². The summed E-state index contributed by atoms with van der Waals surface area (Å²) in [6.07, 6.45) is 2.19. The van der Waals surface area contributed by atoms with Crippen LogP contribution >= 0.6 is 11.8 Å². The fourth-order valence-corrected chi connectivity index (χ4v) is 4.09. The first-order valence-electron chi connectivity index (χ1n) is 8.89. The lowest BCUT2D eigenvalue weighted by molar-refractivity contribution is 0.255. The molecular weight excluding hydrogens is 364 g/mol. The van der Waals surface area contributed by atoms with Gasteiger partial charge in [0.2, 0.25) is 11.6 Å². The lowest BCUT2D eigenvalue weighted by atomic mass is 9.99. The molecule has 0 unspecified atom stereocenters. The van der Waals surface area contributed by atoms with E-state index in [1.165, 1.54) is 11.1 Å². The van der Waals surface area contributed by atoms with Crippen LogP contribution in [-0.2, 0) is 20.0 Å². The number of hydrogen-bond acceptors (Lipinski definition) is 8. The van der Waals surface area contributed by atoms with E-state index in [1.807, 2.05) is 11.6 Å². The Morgan fingerprint density at radius 1 is 1.22 bits per heavy atom. The number of tetrazole rings is 1. The minimum atomic E-state index is 0.458. The van der Waals surface area contributed by atoms with Crippen molar-refractivity contribution < 1.29 is 4.74 Å². The van der Waals surface area contributed by atoms with Crippen LogP contribution in [0.15, 0.2) is 23.4 Å². The number of hydrogen-bond donors (Lipinski definition) is 1. The van der Waals surface area contributed by atoms with Gasteiger partial charge in [-0.15, -0.1) is 20.4 Å². The summed E-state index contributed by atoms with van der Waals surface area (Å²) in [4.78, 5) is 2.50. The molecule has 1 N–H and O–H groups in total. The van der Waals surface area contributed by atoms with Gasteiger partial charge in [0, 0.05) is 25.9 Å². The molecule has 0 spiro atoms. The van der Waals surface area contributed by atoms with Gasteiger partial charge in [0.1, 0.15) is 5.75 Å². The van der Waals surface area contributed by atoms with Crippen LogP contribution in [0.3, 0.4) is 0 Å². The average molecular weight is 386 g/mol. The van der Waals surface area contributed by atoms with Gasteiger partial charge in [-0.25, -0.2) is 0 Å². The summed E-state index contributed by atoms with van der Waals surface area (Å²) in [6.45, 7) is 3.16. The summed E-state index contributed by atoms with van der Waals surface area (Å²) in [5.74, 6) is 3.00. The van der Waals surface area contributed by atoms with Crippen molar-refractivity contribution in [2.24, 2.45) is 7.05 Å². The Kier molecular flexibility index (Phi) is 5.35. The van der Waals surface area contributed by atoms with Crippen molar-refractivity contribution in [2.45, 2.75) is 24.5 Å². The smallest absolute Gasteiger partial charge is 0.242 e. The van der Waals surface area contributed by atoms with E-state index in [-0.39, 0.29) is 0 Å². The van der Waals surface area contributed by atoms with E-state index in [2.05, 4.69) is 53.9 Å². The maximum absolute atomic E-state index is 5.35. The van der Waals surface area contributed by atoms with Gasteiger partial charge in [-0.2, -0.15) is 5.21 Å². The molecule has 1 aliphatic heterocycles. The van der Waals surface area contributed by atoms with Crippen molar-refractivity contribution in [3.05, 3.63) is 29.3 Å². The number of nitrogens with zero attached hydrogens (tertiary/aromatic N) is 7. The van der Waals surface area contributed by atoms with Gasteiger partial charge in [-0.3, -0.25) is 4.90 Å². The van der Waals surface area contributed by atoms with Crippen molar-refractivity contribution >= 4 is 11.8 Å². The Balaban J connectivity index is 1.27. The molecule has 2 aromatic heterocycles. The number of H-pyrrole nitrogens is 1. The third kappa shape index (κ3) is 3.96. The van der Waals surface area contributed by atoms with Crippen molar-refractivity contribution in [2.75, 3.05) is 26.0 Å². The molecule has 10 heteroatoms. The van der Waals surface area contributed by atoms with Crippen molar-refractivity contribution in [3.8, 4) is 17.4 Å². The van der Waals surface area contributed by atoms with Crippen LogP contribution in [0.2, 0.25) is 0 Å². The molecule has 3 heterocycles. The second-order valence-electron chi connectivity index (χ2n) is 6.46. The summed E-state index contributed by atoms with van der Waals surface area (Å²) in [6, 6.07) is 6.40. The maximum Gasteiger partial charge on any atom is 0.242 e. The van der Waals surface area contributed by atoms with Crippen LogP contribution in [-0.4, -0.2) is 66.2 Å². The van der Waals surface area contributed by atoms with Crippen LogP contribution in [0.4, 0.5) is 0 Å². The van der Waals surface area contributed by atoms with E-state index in [4.69, 9.17) is 4.74 Å². The van der Waals surface area contributed by atoms with Gasteiger partial charge in [0.05, 0.1) is 7.11 Å². The minimum absolute atomic E-state index is 0.458. The van der Waals surface area contributed by atoms with E-state index < -0.39 is 0 Å². The van der Waals surface area contributed by atoms with Gasteiger partial charge in [0.25, 0.3) is 0 Å². The molecule has 1 aromatic carbocycles. The molecule has 9 nitrogen and oxygen atoms in total. The first-order chi connectivity index (χ1) is 13.2. The molecule has 0 fully saturated rings. The Hall–Kier alpha value is -2.46. The molecule has 4 rings (SSSR count). The molecule has 142 valence electrons. The van der Waals surface area contributed by atoms with Crippen molar-refractivity contribution in [3.63, 3.8) is 0 Å². The van der Waals surface area contributed by atoms with Gasteiger partial charge >= 0.3 is 0 Å². The number of fused-ring (bicyclic) bond motifs is 1. The second kappa shape index (κ2) is 8.05. The summed E-state index contributed by atoms with van der Waals surface area (Å²) < 4.78 is 7.25. The van der Waals surface area contributed by atoms with Gasteiger partial charge in [-0.05, 0) is 47.9 Å². The quantitative estimate of drug-likeness (QED) is 0.482. The molecule has 27 heavy (non-hydrogen) atoms. The van der Waals surface area contributed by atoms with Crippen molar-refractivity contribution in [1.82, 2.24) is 40.3 Å². The number of thioether (sulfide) groups is 1. The lowest BCUT2D eigenvalue weighted by Crippen LogP contribution is -2.31. The molecular formula is C17H22N8OS. The Bertz CT molecular complexity index is 894. The van der Waals surface area contributed by atoms with E-state index in [0.29, 0.717) is 11.6 Å². The Morgan fingerprint density at radius 3 is 2.96 bits per heavy atom. The summed E-state index contributed by atoms with van der Waals surface area (Å²) in [5.41, 5.74) is 2.82. The SMILES string of the molecule is COc1ccc2c(c1)CN(CCCSc1nnc(-c3nn[nH]n3)n1C)CC2. The highest BCUT2D eigenvalue weighted by Gasteiger charge is 2.17. The van der Waals surface area contributed by atoms with Gasteiger partial charge in [0.15, 0.2) is 5.16 Å². The number of aromatic nitrogens is 7. The van der Waals surface area contributed by atoms with Crippen LogP contribution < -0.4 is 4.74 Å². The summed E-state index contributed by atoms with van der Waals surface area (Å²) in [5, 5.41) is 23.2. The molecule has 0 radical (unpaired) electrons. The highest BCUT2D eigenvalue weighted by molar-refractivity contribution is 7.99. The van der Waals surface area contributed by atoms with Crippen LogP contribution in [0.25, 0.3) is 11.6 Å². The number of benzene rings is 1. The number of nitrogens with one attached hydrogen (secondary N) is 1. The fraction of sp³-hybridized carbons (Fsp3) is 0.471. The standard InChI is InChI=1S/C17H22N8OS/c1-24-16(15-18-22-23-19-15)20-21-17(24)27-9-3-7-25-8-6-12-4-5-14(26-2)10-13(12)11-25/h4-5,10H,3,6-9,11H2,1-2H3,(H,18,19,22,23). The first kappa shape index (κ1) is 17.9. The van der Waals surface area contributed by atoms with Gasteiger partial charge < -0.3 is 9.30 Å². The van der Waals surface area contributed by atoms with E-state index in [1.54, 1.807) is 18.9 Å². The zero-order chi connectivity index (χ0) is 18.6. The molecule has 1 aliphatic rings. The lowest BCUT2D eigenvalue weighted by Gasteiger charge is -2.28. The summed E-state index contributed by atoms with van der Waals surface area (Å²) in [7, 11) is 3.64. The minimum Gasteiger partial charge on any atom is -0.497 e. The molecule has 3 aromatic rings.